The lowest BCUT2D eigenvalue weighted by Gasteiger charge is -2.06. The average Bonchev–Trinajstić information content (AvgIpc) is 2.57. The zero-order chi connectivity index (χ0) is 10.8. The topological polar surface area (TPSA) is 29.9 Å². The van der Waals surface area contributed by atoms with Gasteiger partial charge in [0, 0.05) is 25.5 Å². The molecular formula is C10H9F2N3. The minimum absolute atomic E-state index is 0.200. The first-order valence-corrected chi connectivity index (χ1v) is 4.36. The van der Waals surface area contributed by atoms with Crippen molar-refractivity contribution in [3.63, 3.8) is 0 Å². The summed E-state index contributed by atoms with van der Waals surface area (Å²) in [6, 6.07) is 3.35. The number of halogens is 2. The molecule has 0 saturated carbocycles. The van der Waals surface area contributed by atoms with Crippen molar-refractivity contribution in [2.45, 2.75) is 0 Å². The molecule has 0 aliphatic rings. The highest BCUT2D eigenvalue weighted by molar-refractivity contribution is 5.54. The lowest BCUT2D eigenvalue weighted by atomic mass is 10.3. The standard InChI is InChI=1S/C10H9F2N3/c1-15-5-4-13-10(15)14-9-3-2-7(11)6-8(9)12/h2-6H,1H3,(H,13,14). The molecule has 0 atom stereocenters. The van der Waals surface area contributed by atoms with Crippen molar-refractivity contribution in [1.29, 1.82) is 0 Å². The van der Waals surface area contributed by atoms with Crippen LogP contribution in [0.2, 0.25) is 0 Å². The quantitative estimate of drug-likeness (QED) is 0.823. The third-order valence-electron chi connectivity index (χ3n) is 2.00. The van der Waals surface area contributed by atoms with E-state index in [-0.39, 0.29) is 5.69 Å². The van der Waals surface area contributed by atoms with Crippen molar-refractivity contribution in [3.8, 4) is 0 Å². The fraction of sp³-hybridized carbons (Fsp3) is 0.100. The number of anilines is 2. The molecule has 0 saturated heterocycles. The fourth-order valence-corrected chi connectivity index (χ4v) is 1.20. The molecule has 0 amide bonds. The Morgan fingerprint density at radius 3 is 2.73 bits per heavy atom. The van der Waals surface area contributed by atoms with Gasteiger partial charge in [0.15, 0.2) is 0 Å². The Kier molecular flexibility index (Phi) is 2.37. The molecule has 0 radical (unpaired) electrons. The summed E-state index contributed by atoms with van der Waals surface area (Å²) in [5.74, 6) is -0.739. The lowest BCUT2D eigenvalue weighted by molar-refractivity contribution is 0.586. The van der Waals surface area contributed by atoms with Crippen molar-refractivity contribution < 1.29 is 8.78 Å². The van der Waals surface area contributed by atoms with Crippen molar-refractivity contribution >= 4 is 11.6 Å². The van der Waals surface area contributed by atoms with Crippen LogP contribution in [0.4, 0.5) is 20.4 Å². The molecule has 1 aromatic carbocycles. The van der Waals surface area contributed by atoms with Crippen molar-refractivity contribution in [2.75, 3.05) is 5.32 Å². The molecule has 3 nitrogen and oxygen atoms in total. The molecule has 1 N–H and O–H groups in total. The lowest BCUT2D eigenvalue weighted by Crippen LogP contribution is -2.00. The predicted molar refractivity (Wildman–Crippen MR) is 52.8 cm³/mol. The van der Waals surface area contributed by atoms with Crippen LogP contribution in [0.5, 0.6) is 0 Å². The van der Waals surface area contributed by atoms with Crippen LogP contribution >= 0.6 is 0 Å². The second-order valence-corrected chi connectivity index (χ2v) is 3.11. The first kappa shape index (κ1) is 9.64. The maximum atomic E-state index is 13.2. The third-order valence-corrected chi connectivity index (χ3v) is 2.00. The van der Waals surface area contributed by atoms with Gasteiger partial charge in [-0.3, -0.25) is 0 Å². The maximum Gasteiger partial charge on any atom is 0.207 e. The zero-order valence-electron chi connectivity index (χ0n) is 8.04. The van der Waals surface area contributed by atoms with E-state index in [0.29, 0.717) is 5.95 Å². The highest BCUT2D eigenvalue weighted by Crippen LogP contribution is 2.18. The number of rotatable bonds is 2. The summed E-state index contributed by atoms with van der Waals surface area (Å²) >= 11 is 0. The monoisotopic (exact) mass is 209 g/mol. The van der Waals surface area contributed by atoms with Gasteiger partial charge in [-0.2, -0.15) is 0 Å². The normalized spacial score (nSPS) is 10.3. The van der Waals surface area contributed by atoms with E-state index in [2.05, 4.69) is 10.3 Å². The van der Waals surface area contributed by atoms with Gasteiger partial charge in [-0.05, 0) is 12.1 Å². The Bertz CT molecular complexity index is 479. The Morgan fingerprint density at radius 2 is 2.13 bits per heavy atom. The number of benzene rings is 1. The van der Waals surface area contributed by atoms with E-state index < -0.39 is 11.6 Å². The maximum absolute atomic E-state index is 13.2. The van der Waals surface area contributed by atoms with Crippen LogP contribution in [0.15, 0.2) is 30.6 Å². The number of aryl methyl sites for hydroxylation is 1. The number of nitrogens with zero attached hydrogens (tertiary/aromatic N) is 2. The van der Waals surface area contributed by atoms with Gasteiger partial charge in [0.25, 0.3) is 0 Å². The Morgan fingerprint density at radius 1 is 1.33 bits per heavy atom. The molecule has 2 aromatic rings. The summed E-state index contributed by atoms with van der Waals surface area (Å²) in [4.78, 5) is 3.97. The smallest absolute Gasteiger partial charge is 0.207 e. The van der Waals surface area contributed by atoms with Gasteiger partial charge in [-0.15, -0.1) is 0 Å². The summed E-state index contributed by atoms with van der Waals surface area (Å²) < 4.78 is 27.5. The van der Waals surface area contributed by atoms with E-state index in [0.717, 1.165) is 6.07 Å². The van der Waals surface area contributed by atoms with E-state index in [9.17, 15) is 8.78 Å². The molecule has 2 rings (SSSR count). The second-order valence-electron chi connectivity index (χ2n) is 3.11. The minimum Gasteiger partial charge on any atom is -0.323 e. The average molecular weight is 209 g/mol. The molecule has 0 aliphatic heterocycles. The summed E-state index contributed by atoms with van der Waals surface area (Å²) in [6.45, 7) is 0. The SMILES string of the molecule is Cn1ccnc1Nc1ccc(F)cc1F. The molecule has 0 unspecified atom stereocenters. The first-order valence-electron chi connectivity index (χ1n) is 4.36. The Labute approximate surface area is 85.4 Å². The van der Waals surface area contributed by atoms with Gasteiger partial charge >= 0.3 is 0 Å². The van der Waals surface area contributed by atoms with Crippen molar-refractivity contribution in [1.82, 2.24) is 9.55 Å². The van der Waals surface area contributed by atoms with Crippen LogP contribution in [0.3, 0.4) is 0 Å². The van der Waals surface area contributed by atoms with E-state index in [4.69, 9.17) is 0 Å². The molecule has 5 heteroatoms. The predicted octanol–water partition coefficient (Wildman–Crippen LogP) is 2.44. The highest BCUT2D eigenvalue weighted by atomic mass is 19.1. The van der Waals surface area contributed by atoms with Crippen LogP contribution in [0, 0.1) is 11.6 Å². The number of nitrogens with one attached hydrogen (secondary N) is 1. The molecule has 0 aliphatic carbocycles. The number of imidazole rings is 1. The van der Waals surface area contributed by atoms with Crippen LogP contribution < -0.4 is 5.32 Å². The number of aromatic nitrogens is 2. The molecule has 15 heavy (non-hydrogen) atoms. The van der Waals surface area contributed by atoms with Crippen LogP contribution in [-0.4, -0.2) is 9.55 Å². The first-order chi connectivity index (χ1) is 7.16. The molecule has 1 heterocycles. The molecule has 0 fully saturated rings. The number of hydrogen-bond acceptors (Lipinski definition) is 2. The second kappa shape index (κ2) is 3.68. The minimum atomic E-state index is -0.641. The molecular weight excluding hydrogens is 200 g/mol. The van der Waals surface area contributed by atoms with Crippen LogP contribution in [0.1, 0.15) is 0 Å². The van der Waals surface area contributed by atoms with Crippen molar-refractivity contribution in [2.24, 2.45) is 7.05 Å². The van der Waals surface area contributed by atoms with Gasteiger partial charge in [0.1, 0.15) is 11.6 Å². The van der Waals surface area contributed by atoms with E-state index in [1.54, 1.807) is 24.0 Å². The van der Waals surface area contributed by atoms with Crippen LogP contribution in [-0.2, 0) is 7.05 Å². The third kappa shape index (κ3) is 1.96. The summed E-state index contributed by atoms with van der Waals surface area (Å²) in [7, 11) is 1.77. The number of hydrogen-bond donors (Lipinski definition) is 1. The fourth-order valence-electron chi connectivity index (χ4n) is 1.20. The molecule has 0 spiro atoms. The molecule has 1 aromatic heterocycles. The molecule has 0 bridgehead atoms. The van der Waals surface area contributed by atoms with Gasteiger partial charge in [-0.1, -0.05) is 0 Å². The largest absolute Gasteiger partial charge is 0.323 e. The van der Waals surface area contributed by atoms with Gasteiger partial charge < -0.3 is 9.88 Å². The Hall–Kier alpha value is -1.91. The zero-order valence-corrected chi connectivity index (χ0v) is 8.04. The molecule has 78 valence electrons. The van der Waals surface area contributed by atoms with Gasteiger partial charge in [0.2, 0.25) is 5.95 Å². The Balaban J connectivity index is 2.29. The summed E-state index contributed by atoms with van der Waals surface area (Å²) in [6.07, 6.45) is 3.31. The highest BCUT2D eigenvalue weighted by Gasteiger charge is 2.05. The van der Waals surface area contributed by atoms with Crippen LogP contribution in [0.25, 0.3) is 0 Å². The van der Waals surface area contributed by atoms with E-state index >= 15 is 0 Å². The van der Waals surface area contributed by atoms with Gasteiger partial charge in [-0.25, -0.2) is 13.8 Å². The van der Waals surface area contributed by atoms with Gasteiger partial charge in [0.05, 0.1) is 5.69 Å². The van der Waals surface area contributed by atoms with E-state index in [1.165, 1.54) is 12.1 Å². The van der Waals surface area contributed by atoms with Crippen molar-refractivity contribution in [3.05, 3.63) is 42.2 Å². The van der Waals surface area contributed by atoms with E-state index in [1.807, 2.05) is 0 Å². The summed E-state index contributed by atoms with van der Waals surface area (Å²) in [5.41, 5.74) is 0.200. The summed E-state index contributed by atoms with van der Waals surface area (Å²) in [5, 5.41) is 2.76.